The maximum absolute atomic E-state index is 14.1. The first kappa shape index (κ1) is 26.4. The van der Waals surface area contributed by atoms with Gasteiger partial charge in [0.05, 0.1) is 4.90 Å². The van der Waals surface area contributed by atoms with Crippen molar-refractivity contribution in [2.75, 3.05) is 19.6 Å². The SMILES string of the molecule is O=C1CCCCN1CCN([C@]1(C(=O)O)C[C@H]1c1ccccc1)S(=O)(=O)c1ccc(-c2ccc(Cl)cc2)cc1. The van der Waals surface area contributed by atoms with Gasteiger partial charge in [-0.05, 0) is 60.2 Å². The van der Waals surface area contributed by atoms with Gasteiger partial charge in [0.1, 0.15) is 5.54 Å². The van der Waals surface area contributed by atoms with E-state index in [-0.39, 0.29) is 30.3 Å². The maximum Gasteiger partial charge on any atom is 0.325 e. The van der Waals surface area contributed by atoms with Crippen molar-refractivity contribution in [3.63, 3.8) is 0 Å². The van der Waals surface area contributed by atoms with Crippen molar-refractivity contribution in [3.8, 4) is 11.1 Å². The van der Waals surface area contributed by atoms with E-state index in [2.05, 4.69) is 0 Å². The predicted molar refractivity (Wildman–Crippen MR) is 145 cm³/mol. The van der Waals surface area contributed by atoms with Crippen LogP contribution in [0, 0.1) is 0 Å². The smallest absolute Gasteiger partial charge is 0.325 e. The molecule has 198 valence electrons. The number of halogens is 1. The number of carboxylic acids is 1. The number of amides is 1. The topological polar surface area (TPSA) is 95.0 Å². The molecule has 9 heteroatoms. The zero-order valence-corrected chi connectivity index (χ0v) is 22.4. The monoisotopic (exact) mass is 552 g/mol. The van der Waals surface area contributed by atoms with Gasteiger partial charge in [0.2, 0.25) is 15.9 Å². The molecule has 3 aromatic rings. The lowest BCUT2D eigenvalue weighted by Crippen LogP contribution is -2.52. The third kappa shape index (κ3) is 4.96. The van der Waals surface area contributed by atoms with Crippen LogP contribution in [0.25, 0.3) is 11.1 Å². The molecule has 1 saturated heterocycles. The Morgan fingerprint density at radius 2 is 1.61 bits per heavy atom. The van der Waals surface area contributed by atoms with Gasteiger partial charge in [-0.25, -0.2) is 8.42 Å². The van der Waals surface area contributed by atoms with E-state index in [1.165, 1.54) is 12.1 Å². The standard InChI is InChI=1S/C29H29ClN2O5S/c30-24-13-9-21(10-14-24)22-11-15-25(16-12-22)38(36,37)32(19-18-31-17-5-4-8-27(31)33)29(28(34)35)20-26(29)23-6-2-1-3-7-23/h1-3,6-7,9-16,26H,4-5,8,17-20H2,(H,34,35)/t26-,29+/m0/s1. The van der Waals surface area contributed by atoms with Crippen LogP contribution < -0.4 is 0 Å². The normalized spacial score (nSPS) is 21.5. The van der Waals surface area contributed by atoms with Crippen molar-refractivity contribution in [1.29, 1.82) is 0 Å². The number of hydrogen-bond donors (Lipinski definition) is 1. The summed E-state index contributed by atoms with van der Waals surface area (Å²) >= 11 is 5.99. The molecule has 0 spiro atoms. The quantitative estimate of drug-likeness (QED) is 0.402. The average molecular weight is 553 g/mol. The van der Waals surface area contributed by atoms with E-state index < -0.39 is 27.4 Å². The Balaban J connectivity index is 1.50. The molecule has 0 aromatic heterocycles. The summed E-state index contributed by atoms with van der Waals surface area (Å²) in [5.74, 6) is -1.69. The van der Waals surface area contributed by atoms with Crippen LogP contribution in [0.15, 0.2) is 83.8 Å². The number of hydrogen-bond acceptors (Lipinski definition) is 4. The van der Waals surface area contributed by atoms with Crippen molar-refractivity contribution in [1.82, 2.24) is 9.21 Å². The Bertz CT molecular complexity index is 1430. The number of piperidine rings is 1. The zero-order chi connectivity index (χ0) is 26.9. The van der Waals surface area contributed by atoms with Crippen LogP contribution in [-0.2, 0) is 19.6 Å². The molecule has 0 bridgehead atoms. The van der Waals surface area contributed by atoms with Crippen LogP contribution >= 0.6 is 11.6 Å². The molecular formula is C29H29ClN2O5S. The van der Waals surface area contributed by atoms with Crippen molar-refractivity contribution < 1.29 is 23.1 Å². The summed E-state index contributed by atoms with van der Waals surface area (Å²) in [5, 5.41) is 11.0. The summed E-state index contributed by atoms with van der Waals surface area (Å²) < 4.78 is 29.3. The molecule has 1 aliphatic heterocycles. The number of carbonyl (C=O) groups is 2. The van der Waals surface area contributed by atoms with Gasteiger partial charge in [-0.15, -0.1) is 0 Å². The molecule has 1 N–H and O–H groups in total. The third-order valence-corrected chi connectivity index (χ3v) is 9.77. The summed E-state index contributed by atoms with van der Waals surface area (Å²) in [4.78, 5) is 26.9. The number of nitrogens with zero attached hydrogens (tertiary/aromatic N) is 2. The Morgan fingerprint density at radius 3 is 2.21 bits per heavy atom. The van der Waals surface area contributed by atoms with Gasteiger partial charge in [-0.1, -0.05) is 66.2 Å². The van der Waals surface area contributed by atoms with Gasteiger partial charge in [-0.3, -0.25) is 9.59 Å². The molecular weight excluding hydrogens is 524 g/mol. The fraction of sp³-hybridized carbons (Fsp3) is 0.310. The van der Waals surface area contributed by atoms with Crippen LogP contribution in [0.5, 0.6) is 0 Å². The lowest BCUT2D eigenvalue weighted by Gasteiger charge is -2.33. The molecule has 2 fully saturated rings. The third-order valence-electron chi connectivity index (χ3n) is 7.56. The van der Waals surface area contributed by atoms with Crippen LogP contribution in [0.3, 0.4) is 0 Å². The van der Waals surface area contributed by atoms with Gasteiger partial charge in [0, 0.05) is 37.0 Å². The largest absolute Gasteiger partial charge is 0.480 e. The van der Waals surface area contributed by atoms with Crippen LogP contribution in [0.1, 0.15) is 37.2 Å². The fourth-order valence-corrected chi connectivity index (χ4v) is 7.27. The van der Waals surface area contributed by atoms with Crippen molar-refractivity contribution in [2.45, 2.75) is 42.0 Å². The zero-order valence-electron chi connectivity index (χ0n) is 20.8. The molecule has 2 atom stereocenters. The van der Waals surface area contributed by atoms with E-state index in [0.29, 0.717) is 18.0 Å². The molecule has 1 aliphatic carbocycles. The van der Waals surface area contributed by atoms with E-state index in [0.717, 1.165) is 33.8 Å². The van der Waals surface area contributed by atoms with Crippen LogP contribution in [0.4, 0.5) is 0 Å². The van der Waals surface area contributed by atoms with Crippen LogP contribution in [0.2, 0.25) is 5.02 Å². The second-order valence-corrected chi connectivity index (χ2v) is 12.1. The Morgan fingerprint density at radius 1 is 0.974 bits per heavy atom. The highest BCUT2D eigenvalue weighted by molar-refractivity contribution is 7.89. The molecule has 38 heavy (non-hydrogen) atoms. The number of carboxylic acid groups (broad SMARTS) is 1. The number of sulfonamides is 1. The maximum atomic E-state index is 14.1. The molecule has 1 amide bonds. The molecule has 7 nitrogen and oxygen atoms in total. The fourth-order valence-electron chi connectivity index (χ4n) is 5.38. The molecule has 2 aliphatic rings. The highest BCUT2D eigenvalue weighted by atomic mass is 35.5. The summed E-state index contributed by atoms with van der Waals surface area (Å²) in [6.45, 7) is 0.602. The summed E-state index contributed by atoms with van der Waals surface area (Å²) in [6, 6.07) is 22.8. The van der Waals surface area contributed by atoms with E-state index >= 15 is 0 Å². The second-order valence-electron chi connectivity index (χ2n) is 9.84. The number of aliphatic carboxylic acids is 1. The first-order chi connectivity index (χ1) is 18.2. The predicted octanol–water partition coefficient (Wildman–Crippen LogP) is 5.02. The summed E-state index contributed by atoms with van der Waals surface area (Å²) in [6.07, 6.45) is 2.26. The average Bonchev–Trinajstić information content (AvgIpc) is 3.68. The number of likely N-dealkylation sites (tertiary alicyclic amines) is 1. The minimum atomic E-state index is -4.21. The lowest BCUT2D eigenvalue weighted by molar-refractivity contribution is -0.143. The van der Waals surface area contributed by atoms with Crippen LogP contribution in [-0.4, -0.2) is 59.8 Å². The van der Waals surface area contributed by atoms with Gasteiger partial charge in [-0.2, -0.15) is 4.31 Å². The Labute approximate surface area is 227 Å². The molecule has 0 unspecified atom stereocenters. The van der Waals surface area contributed by atoms with E-state index in [4.69, 9.17) is 11.6 Å². The minimum absolute atomic E-state index is 0.0134. The van der Waals surface area contributed by atoms with Gasteiger partial charge < -0.3 is 10.0 Å². The molecule has 1 saturated carbocycles. The molecule has 5 rings (SSSR count). The highest BCUT2D eigenvalue weighted by Gasteiger charge is 2.67. The number of benzene rings is 3. The van der Waals surface area contributed by atoms with E-state index in [1.807, 2.05) is 42.5 Å². The van der Waals surface area contributed by atoms with E-state index in [1.54, 1.807) is 29.2 Å². The molecule has 0 radical (unpaired) electrons. The number of carbonyl (C=O) groups excluding carboxylic acids is 1. The summed E-state index contributed by atoms with van der Waals surface area (Å²) in [7, 11) is -4.21. The van der Waals surface area contributed by atoms with Gasteiger partial charge in [0.15, 0.2) is 0 Å². The summed E-state index contributed by atoms with van der Waals surface area (Å²) in [5.41, 5.74) is 0.857. The minimum Gasteiger partial charge on any atom is -0.480 e. The lowest BCUT2D eigenvalue weighted by atomic mass is 10.1. The Hall–Kier alpha value is -3.20. The van der Waals surface area contributed by atoms with Crippen molar-refractivity contribution in [2.24, 2.45) is 0 Å². The first-order valence-corrected chi connectivity index (χ1v) is 14.5. The van der Waals surface area contributed by atoms with E-state index in [9.17, 15) is 23.1 Å². The van der Waals surface area contributed by atoms with Crippen molar-refractivity contribution >= 4 is 33.5 Å². The Kier molecular flexibility index (Phi) is 7.31. The highest BCUT2D eigenvalue weighted by Crippen LogP contribution is 2.57. The molecule has 1 heterocycles. The number of rotatable bonds is 9. The molecule has 3 aromatic carbocycles. The van der Waals surface area contributed by atoms with Gasteiger partial charge >= 0.3 is 5.97 Å². The van der Waals surface area contributed by atoms with Crippen molar-refractivity contribution in [3.05, 3.63) is 89.4 Å². The first-order valence-electron chi connectivity index (χ1n) is 12.7. The van der Waals surface area contributed by atoms with Gasteiger partial charge in [0.25, 0.3) is 0 Å². The second kappa shape index (κ2) is 10.5.